The van der Waals surface area contributed by atoms with E-state index in [0.29, 0.717) is 34.1 Å². The number of carbonyl (C=O) groups is 2. The summed E-state index contributed by atoms with van der Waals surface area (Å²) in [7, 11) is 2.98. The van der Waals surface area contributed by atoms with Crippen LogP contribution < -0.4 is 49.7 Å². The van der Waals surface area contributed by atoms with Gasteiger partial charge < -0.3 is 49.4 Å². The van der Waals surface area contributed by atoms with Crippen LogP contribution in [-0.2, 0) is 22.6 Å². The van der Waals surface area contributed by atoms with E-state index in [0.717, 1.165) is 9.80 Å². The number of anilines is 4. The Kier molecular flexibility index (Phi) is 15.3. The number of methoxy groups -OCH3 is 2. The highest BCUT2D eigenvalue weighted by Gasteiger charge is 2.34. The number of amides is 2. The number of benzene rings is 2. The van der Waals surface area contributed by atoms with Crippen molar-refractivity contribution in [2.45, 2.75) is 26.9 Å². The summed E-state index contributed by atoms with van der Waals surface area (Å²) in [6, 6.07) is 9.60. The summed E-state index contributed by atoms with van der Waals surface area (Å²) < 4.78 is 43.0. The molecular formula is C38H42N10O14. The van der Waals surface area contributed by atoms with E-state index in [-0.39, 0.29) is 76.4 Å². The van der Waals surface area contributed by atoms with Gasteiger partial charge in [-0.2, -0.15) is 19.9 Å². The highest BCUT2D eigenvalue weighted by Crippen LogP contribution is 2.37. The number of carbonyl (C=O) groups excluding carboxylic acids is 2. The van der Waals surface area contributed by atoms with E-state index in [4.69, 9.17) is 49.4 Å². The molecule has 2 amide bonds. The third kappa shape index (κ3) is 11.5. The minimum Gasteiger partial charge on any atom is -0.497 e. The van der Waals surface area contributed by atoms with Gasteiger partial charge in [-0.05, 0) is 73.5 Å². The van der Waals surface area contributed by atoms with Crippen molar-refractivity contribution < 1.29 is 57.3 Å². The zero-order chi connectivity index (χ0) is 44.8. The molecule has 328 valence electrons. The number of nitro groups is 2. The van der Waals surface area contributed by atoms with Crippen LogP contribution in [0.15, 0.2) is 60.7 Å². The molecule has 0 fully saturated rings. The quantitative estimate of drug-likeness (QED) is 0.147. The van der Waals surface area contributed by atoms with Crippen molar-refractivity contribution in [1.29, 1.82) is 0 Å². The van der Waals surface area contributed by atoms with Gasteiger partial charge in [0, 0.05) is 12.1 Å². The molecule has 6 rings (SSSR count). The second-order valence-corrected chi connectivity index (χ2v) is 12.4. The van der Waals surface area contributed by atoms with Gasteiger partial charge in [-0.1, -0.05) is 0 Å². The molecule has 0 radical (unpaired) electrons. The standard InChI is InChI=1S/2C19H21N5O7/c2*1-3-29-19(25)23-11-12-8-13(28-2)10-14(9-12)30-6-4-5-7-31-18-21-16(20)15(24(26)27)17(23)22-18/h2*4-5,8-10H,3,6-7,11H2,1-2H3,(H2,20,21,22)/b5-4+;5-4-. The van der Waals surface area contributed by atoms with Crippen LogP contribution >= 0.6 is 0 Å². The average Bonchev–Trinajstić information content (AvgIpc) is 3.23. The van der Waals surface area contributed by atoms with Gasteiger partial charge in [0.15, 0.2) is 0 Å². The highest BCUT2D eigenvalue weighted by atomic mass is 16.6. The highest BCUT2D eigenvalue weighted by molar-refractivity contribution is 5.91. The summed E-state index contributed by atoms with van der Waals surface area (Å²) in [5.41, 5.74) is 11.4. The first-order valence-corrected chi connectivity index (χ1v) is 18.5. The van der Waals surface area contributed by atoms with Crippen molar-refractivity contribution in [3.05, 3.63) is 92.1 Å². The lowest BCUT2D eigenvalue weighted by Gasteiger charge is -2.22. The summed E-state index contributed by atoms with van der Waals surface area (Å²) in [5.74, 6) is 0.349. The van der Waals surface area contributed by atoms with Gasteiger partial charge >= 0.3 is 35.6 Å². The molecule has 4 heterocycles. The van der Waals surface area contributed by atoms with Crippen LogP contribution in [0.4, 0.5) is 44.2 Å². The van der Waals surface area contributed by atoms with E-state index in [2.05, 4.69) is 19.9 Å². The molecule has 0 spiro atoms. The molecule has 0 saturated carbocycles. The Morgan fingerprint density at radius 3 is 1.34 bits per heavy atom. The van der Waals surface area contributed by atoms with Crippen LogP contribution in [0.3, 0.4) is 0 Å². The molecule has 24 nitrogen and oxygen atoms in total. The number of nitrogens with zero attached hydrogens (tertiary/aromatic N) is 8. The van der Waals surface area contributed by atoms with E-state index in [1.807, 2.05) is 0 Å². The smallest absolute Gasteiger partial charge is 0.415 e. The average molecular weight is 863 g/mol. The van der Waals surface area contributed by atoms with E-state index in [1.54, 1.807) is 74.5 Å². The van der Waals surface area contributed by atoms with Gasteiger partial charge in [-0.3, -0.25) is 30.0 Å². The number of nitrogen functional groups attached to an aromatic ring is 2. The number of aromatic nitrogens is 4. The zero-order valence-electron chi connectivity index (χ0n) is 33.9. The van der Waals surface area contributed by atoms with Crippen LogP contribution in [0, 0.1) is 20.2 Å². The number of nitrogens with two attached hydrogens (primary N) is 2. The van der Waals surface area contributed by atoms with E-state index >= 15 is 0 Å². The first-order chi connectivity index (χ1) is 29.8. The molecule has 0 saturated heterocycles. The van der Waals surface area contributed by atoms with Crippen molar-refractivity contribution in [2.75, 3.05) is 75.1 Å². The Balaban J connectivity index is 0.000000234. The minimum atomic E-state index is -0.855. The summed E-state index contributed by atoms with van der Waals surface area (Å²) >= 11 is 0. The van der Waals surface area contributed by atoms with Gasteiger partial charge in [-0.15, -0.1) is 0 Å². The Morgan fingerprint density at radius 2 is 1.00 bits per heavy atom. The first kappa shape index (κ1) is 44.9. The van der Waals surface area contributed by atoms with Crippen molar-refractivity contribution in [1.82, 2.24) is 19.9 Å². The second-order valence-electron chi connectivity index (χ2n) is 12.4. The van der Waals surface area contributed by atoms with Gasteiger partial charge in [0.2, 0.25) is 23.3 Å². The number of ether oxygens (including phenoxy) is 8. The van der Waals surface area contributed by atoms with Crippen LogP contribution in [0.2, 0.25) is 0 Å². The third-order valence-corrected chi connectivity index (χ3v) is 8.27. The molecule has 2 aliphatic rings. The maximum absolute atomic E-state index is 12.7. The Morgan fingerprint density at radius 1 is 0.629 bits per heavy atom. The van der Waals surface area contributed by atoms with Crippen LogP contribution in [0.25, 0.3) is 0 Å². The molecule has 2 aromatic heterocycles. The van der Waals surface area contributed by atoms with Gasteiger partial charge in [-0.25, -0.2) is 9.59 Å². The first-order valence-electron chi connectivity index (χ1n) is 18.5. The molecule has 2 aliphatic heterocycles. The molecule has 8 bridgehead atoms. The molecule has 0 unspecified atom stereocenters. The summed E-state index contributed by atoms with van der Waals surface area (Å²) in [6.45, 7) is 3.67. The topological polar surface area (TPSA) is 304 Å². The molecular weight excluding hydrogens is 820 g/mol. The zero-order valence-corrected chi connectivity index (χ0v) is 33.9. The number of fused-ring (bicyclic) bond motifs is 8. The Hall–Kier alpha value is -8.18. The van der Waals surface area contributed by atoms with Crippen LogP contribution in [0.1, 0.15) is 25.0 Å². The maximum Gasteiger partial charge on any atom is 0.415 e. The normalized spacial score (nSPS) is 14.5. The number of hydrogen-bond donors (Lipinski definition) is 2. The summed E-state index contributed by atoms with van der Waals surface area (Å²) in [5, 5.41) is 23.4. The lowest BCUT2D eigenvalue weighted by Crippen LogP contribution is -2.33. The number of rotatable bonds is 6. The van der Waals surface area contributed by atoms with Gasteiger partial charge in [0.05, 0.1) is 50.4 Å². The Labute approximate surface area is 352 Å². The molecule has 2 aromatic carbocycles. The monoisotopic (exact) mass is 862 g/mol. The largest absolute Gasteiger partial charge is 0.497 e. The molecule has 0 atom stereocenters. The summed E-state index contributed by atoms with van der Waals surface area (Å²) in [4.78, 5) is 65.2. The minimum absolute atomic E-state index is 0.0460. The third-order valence-electron chi connectivity index (χ3n) is 8.27. The fraction of sp³-hybridized carbons (Fsp3) is 0.316. The van der Waals surface area contributed by atoms with E-state index in [1.165, 1.54) is 14.2 Å². The lowest BCUT2D eigenvalue weighted by atomic mass is 10.2. The van der Waals surface area contributed by atoms with Crippen molar-refractivity contribution in [3.63, 3.8) is 0 Å². The van der Waals surface area contributed by atoms with E-state index < -0.39 is 45.0 Å². The van der Waals surface area contributed by atoms with Gasteiger partial charge in [0.1, 0.15) is 49.4 Å². The predicted octanol–water partition coefficient (Wildman–Crippen LogP) is 4.93. The SMILES string of the molecule is CCOC(=O)N1Cc2cc(OC)cc(c2)OC/C=C/COc2nc(N)c([N+](=O)[O-])c1n2.CCOC(=O)N1Cc2cc(OC)cc(c2)OC/C=C\COc2nc(N)c([N+](=O)[O-])c1n2. The van der Waals surface area contributed by atoms with Crippen LogP contribution in [0.5, 0.6) is 35.0 Å². The Bertz CT molecular complexity index is 2180. The fourth-order valence-corrected chi connectivity index (χ4v) is 5.61. The number of hydrogen-bond acceptors (Lipinski definition) is 20. The molecule has 24 heteroatoms. The molecule has 4 N–H and O–H groups in total. The van der Waals surface area contributed by atoms with Crippen LogP contribution in [-0.4, -0.2) is 95.8 Å². The molecule has 62 heavy (non-hydrogen) atoms. The van der Waals surface area contributed by atoms with Crippen molar-refractivity contribution >= 4 is 46.8 Å². The molecule has 0 aliphatic carbocycles. The summed E-state index contributed by atoms with van der Waals surface area (Å²) in [6.07, 6.45) is 5.07. The second kappa shape index (κ2) is 21.2. The van der Waals surface area contributed by atoms with Gasteiger partial charge in [0.25, 0.3) is 0 Å². The lowest BCUT2D eigenvalue weighted by molar-refractivity contribution is -0.383. The van der Waals surface area contributed by atoms with Crippen molar-refractivity contribution in [3.8, 4) is 35.0 Å². The maximum atomic E-state index is 12.7. The van der Waals surface area contributed by atoms with Crippen molar-refractivity contribution in [2.24, 2.45) is 0 Å². The fourth-order valence-electron chi connectivity index (χ4n) is 5.61. The van der Waals surface area contributed by atoms with E-state index in [9.17, 15) is 29.8 Å². The molecule has 4 aromatic rings. The predicted molar refractivity (Wildman–Crippen MR) is 219 cm³/mol.